The third-order valence-electron chi connectivity index (χ3n) is 3.28. The maximum atomic E-state index is 12.0. The highest BCUT2D eigenvalue weighted by Gasteiger charge is 2.07. The topological polar surface area (TPSA) is 46.4 Å². The Balaban J connectivity index is 1.62. The molecule has 4 nitrogen and oxygen atoms in total. The van der Waals surface area contributed by atoms with Crippen molar-refractivity contribution in [2.24, 2.45) is 0 Å². The highest BCUT2D eigenvalue weighted by Crippen LogP contribution is 2.22. The minimum absolute atomic E-state index is 0.0957. The third kappa shape index (κ3) is 4.05. The van der Waals surface area contributed by atoms with E-state index in [0.29, 0.717) is 16.6 Å². The number of halogens is 3. The fraction of sp³-hybridized carbons (Fsp3) is 0.125. The lowest BCUT2D eigenvalue weighted by Crippen LogP contribution is -2.24. The molecule has 1 amide bonds. The van der Waals surface area contributed by atoms with Gasteiger partial charge in [-0.05, 0) is 45.8 Å². The first-order valence-electron chi connectivity index (χ1n) is 6.85. The fourth-order valence-corrected chi connectivity index (χ4v) is 2.86. The zero-order chi connectivity index (χ0) is 16.4. The Kier molecular flexibility index (Phi) is 4.90. The van der Waals surface area contributed by atoms with Gasteiger partial charge in [0.05, 0.1) is 28.7 Å². The molecule has 118 valence electrons. The van der Waals surface area contributed by atoms with Crippen molar-refractivity contribution < 1.29 is 4.79 Å². The molecule has 0 bridgehead atoms. The molecule has 0 radical (unpaired) electrons. The monoisotopic (exact) mass is 411 g/mol. The molecule has 0 aliphatic heterocycles. The second-order valence-electron chi connectivity index (χ2n) is 5.05. The number of nitrogens with zero attached hydrogens (tertiary/aromatic N) is 2. The summed E-state index contributed by atoms with van der Waals surface area (Å²) in [6, 6.07) is 9.01. The molecule has 0 aliphatic rings. The number of rotatable bonds is 4. The van der Waals surface area contributed by atoms with E-state index in [2.05, 4.69) is 26.2 Å². The molecular formula is C16H12BrCl2N3O. The average molecular weight is 413 g/mol. The van der Waals surface area contributed by atoms with Gasteiger partial charge in [0, 0.05) is 16.9 Å². The van der Waals surface area contributed by atoms with Gasteiger partial charge in [0.1, 0.15) is 5.65 Å². The second-order valence-corrected chi connectivity index (χ2v) is 6.78. The number of hydrogen-bond acceptors (Lipinski definition) is 2. The van der Waals surface area contributed by atoms with Crippen LogP contribution in [0.5, 0.6) is 0 Å². The summed E-state index contributed by atoms with van der Waals surface area (Å²) in [6.45, 7) is 0.374. The number of benzene rings is 1. The first kappa shape index (κ1) is 16.3. The normalized spacial score (nSPS) is 10.9. The van der Waals surface area contributed by atoms with E-state index < -0.39 is 0 Å². The van der Waals surface area contributed by atoms with Crippen LogP contribution in [0, 0.1) is 0 Å². The standard InChI is InChI=1S/C16H12BrCl2N3O/c17-11-2-4-15-21-12(9-22(15)8-11)7-20-16(23)6-10-1-3-13(18)14(19)5-10/h1-5,8-9H,6-7H2,(H,20,23). The molecule has 0 unspecified atom stereocenters. The minimum Gasteiger partial charge on any atom is -0.350 e. The highest BCUT2D eigenvalue weighted by atomic mass is 79.9. The Hall–Kier alpha value is -1.56. The molecule has 0 saturated heterocycles. The summed E-state index contributed by atoms with van der Waals surface area (Å²) in [5, 5.41) is 3.78. The Labute approximate surface area is 151 Å². The average Bonchev–Trinajstić information content (AvgIpc) is 2.91. The molecule has 3 aromatic rings. The summed E-state index contributed by atoms with van der Waals surface area (Å²) >= 11 is 15.2. The summed E-state index contributed by atoms with van der Waals surface area (Å²) in [5.74, 6) is -0.0957. The smallest absolute Gasteiger partial charge is 0.224 e. The van der Waals surface area contributed by atoms with Gasteiger partial charge in [-0.2, -0.15) is 0 Å². The Morgan fingerprint density at radius 3 is 2.78 bits per heavy atom. The molecule has 2 aromatic heterocycles. The second kappa shape index (κ2) is 6.91. The van der Waals surface area contributed by atoms with Gasteiger partial charge in [-0.3, -0.25) is 4.79 Å². The molecule has 0 aliphatic carbocycles. The van der Waals surface area contributed by atoms with Crippen molar-refractivity contribution in [1.29, 1.82) is 0 Å². The quantitative estimate of drug-likeness (QED) is 0.695. The molecule has 23 heavy (non-hydrogen) atoms. The fourth-order valence-electron chi connectivity index (χ4n) is 2.19. The van der Waals surface area contributed by atoms with Crippen molar-refractivity contribution in [3.05, 3.63) is 68.5 Å². The van der Waals surface area contributed by atoms with Gasteiger partial charge in [0.2, 0.25) is 5.91 Å². The summed E-state index contributed by atoms with van der Waals surface area (Å²) in [4.78, 5) is 16.5. The van der Waals surface area contributed by atoms with E-state index in [4.69, 9.17) is 23.2 Å². The van der Waals surface area contributed by atoms with Crippen LogP contribution >= 0.6 is 39.1 Å². The van der Waals surface area contributed by atoms with Gasteiger partial charge in [-0.1, -0.05) is 29.3 Å². The van der Waals surface area contributed by atoms with E-state index in [1.165, 1.54) is 0 Å². The Bertz CT molecular complexity index is 879. The maximum Gasteiger partial charge on any atom is 0.224 e. The van der Waals surface area contributed by atoms with Crippen LogP contribution in [0.2, 0.25) is 10.0 Å². The summed E-state index contributed by atoms with van der Waals surface area (Å²) < 4.78 is 2.88. The molecule has 7 heteroatoms. The van der Waals surface area contributed by atoms with Crippen LogP contribution in [-0.4, -0.2) is 15.3 Å². The van der Waals surface area contributed by atoms with Crippen LogP contribution in [0.15, 0.2) is 47.2 Å². The van der Waals surface area contributed by atoms with E-state index in [1.807, 2.05) is 28.9 Å². The lowest BCUT2D eigenvalue weighted by atomic mass is 10.1. The molecule has 0 atom stereocenters. The molecule has 2 heterocycles. The van der Waals surface area contributed by atoms with Crippen molar-refractivity contribution in [2.75, 3.05) is 0 Å². The largest absolute Gasteiger partial charge is 0.350 e. The molecule has 1 aromatic carbocycles. The van der Waals surface area contributed by atoms with E-state index >= 15 is 0 Å². The van der Waals surface area contributed by atoms with Gasteiger partial charge >= 0.3 is 0 Å². The minimum atomic E-state index is -0.0957. The summed E-state index contributed by atoms with van der Waals surface area (Å²) in [7, 11) is 0. The number of amides is 1. The van der Waals surface area contributed by atoms with Gasteiger partial charge in [-0.15, -0.1) is 0 Å². The van der Waals surface area contributed by atoms with Crippen molar-refractivity contribution in [3.8, 4) is 0 Å². The van der Waals surface area contributed by atoms with Crippen LogP contribution in [0.4, 0.5) is 0 Å². The number of imidazole rings is 1. The number of carbonyl (C=O) groups is 1. The predicted molar refractivity (Wildman–Crippen MR) is 94.9 cm³/mol. The SMILES string of the molecule is O=C(Cc1ccc(Cl)c(Cl)c1)NCc1cn2cc(Br)ccc2n1. The van der Waals surface area contributed by atoms with Crippen molar-refractivity contribution in [2.45, 2.75) is 13.0 Å². The number of nitrogens with one attached hydrogen (secondary N) is 1. The molecule has 3 rings (SSSR count). The Morgan fingerprint density at radius 2 is 2.00 bits per heavy atom. The molecular weight excluding hydrogens is 401 g/mol. The Morgan fingerprint density at radius 1 is 1.17 bits per heavy atom. The third-order valence-corrected chi connectivity index (χ3v) is 4.49. The molecule has 1 N–H and O–H groups in total. The van der Waals surface area contributed by atoms with Crippen molar-refractivity contribution in [1.82, 2.24) is 14.7 Å². The molecule has 0 spiro atoms. The van der Waals surface area contributed by atoms with Crippen molar-refractivity contribution >= 4 is 50.7 Å². The van der Waals surface area contributed by atoms with E-state index in [0.717, 1.165) is 21.4 Å². The predicted octanol–water partition coefficient (Wildman–Crippen LogP) is 4.26. The van der Waals surface area contributed by atoms with Gasteiger partial charge in [0.25, 0.3) is 0 Å². The first-order valence-corrected chi connectivity index (χ1v) is 8.40. The zero-order valence-electron chi connectivity index (χ0n) is 11.9. The van der Waals surface area contributed by atoms with E-state index in [1.54, 1.807) is 18.2 Å². The number of aromatic nitrogens is 2. The van der Waals surface area contributed by atoms with Crippen LogP contribution in [0.1, 0.15) is 11.3 Å². The number of hydrogen-bond donors (Lipinski definition) is 1. The number of pyridine rings is 1. The van der Waals surface area contributed by atoms with Crippen LogP contribution in [-0.2, 0) is 17.8 Å². The zero-order valence-corrected chi connectivity index (χ0v) is 15.0. The lowest BCUT2D eigenvalue weighted by Gasteiger charge is -2.04. The van der Waals surface area contributed by atoms with Gasteiger partial charge in [0.15, 0.2) is 0 Å². The van der Waals surface area contributed by atoms with E-state index in [-0.39, 0.29) is 12.3 Å². The maximum absolute atomic E-state index is 12.0. The highest BCUT2D eigenvalue weighted by molar-refractivity contribution is 9.10. The van der Waals surface area contributed by atoms with Crippen LogP contribution in [0.25, 0.3) is 5.65 Å². The van der Waals surface area contributed by atoms with Gasteiger partial charge < -0.3 is 9.72 Å². The van der Waals surface area contributed by atoms with E-state index in [9.17, 15) is 4.79 Å². The summed E-state index contributed by atoms with van der Waals surface area (Å²) in [5.41, 5.74) is 2.45. The first-order chi connectivity index (χ1) is 11.0. The van der Waals surface area contributed by atoms with Gasteiger partial charge in [-0.25, -0.2) is 4.98 Å². The number of fused-ring (bicyclic) bond motifs is 1. The number of carbonyl (C=O) groups excluding carboxylic acids is 1. The molecule has 0 fully saturated rings. The van der Waals surface area contributed by atoms with Crippen LogP contribution < -0.4 is 5.32 Å². The lowest BCUT2D eigenvalue weighted by molar-refractivity contribution is -0.120. The summed E-state index contributed by atoms with van der Waals surface area (Å²) in [6.07, 6.45) is 4.05. The van der Waals surface area contributed by atoms with Crippen LogP contribution in [0.3, 0.4) is 0 Å². The molecule has 0 saturated carbocycles. The van der Waals surface area contributed by atoms with Crippen molar-refractivity contribution in [3.63, 3.8) is 0 Å².